The highest BCUT2D eigenvalue weighted by molar-refractivity contribution is 7.17. The molecule has 1 aliphatic heterocycles. The molecular weight excluding hydrogens is 545 g/mol. The number of fused-ring (bicyclic) bond motifs is 1. The number of benzene rings is 2. The molecule has 1 atom stereocenters. The van der Waals surface area contributed by atoms with Gasteiger partial charge in [-0.1, -0.05) is 12.1 Å². The van der Waals surface area contributed by atoms with Crippen LogP contribution in [0.3, 0.4) is 0 Å². The number of rotatable bonds is 11. The highest BCUT2D eigenvalue weighted by Gasteiger charge is 2.29. The van der Waals surface area contributed by atoms with Crippen LogP contribution in [0.1, 0.15) is 27.3 Å². The molecule has 2 aromatic heterocycles. The summed E-state index contributed by atoms with van der Waals surface area (Å²) in [5, 5.41) is 5.85. The zero-order valence-corrected chi connectivity index (χ0v) is 24.1. The van der Waals surface area contributed by atoms with Crippen molar-refractivity contribution in [1.29, 1.82) is 0 Å². The molecule has 0 aliphatic carbocycles. The Morgan fingerprint density at radius 1 is 1.00 bits per heavy atom. The summed E-state index contributed by atoms with van der Waals surface area (Å²) >= 11 is 1.28. The molecule has 0 saturated carbocycles. The number of nitrogens with zero attached hydrogens (tertiary/aromatic N) is 2. The molecule has 1 fully saturated rings. The Balaban J connectivity index is 1.48. The van der Waals surface area contributed by atoms with Gasteiger partial charge in [0.15, 0.2) is 23.1 Å². The third-order valence-corrected chi connectivity index (χ3v) is 8.34. The molecule has 3 heterocycles. The lowest BCUT2D eigenvalue weighted by Crippen LogP contribution is -2.46. The summed E-state index contributed by atoms with van der Waals surface area (Å²) < 4.78 is 31.2. The van der Waals surface area contributed by atoms with Gasteiger partial charge in [0.1, 0.15) is 23.0 Å². The van der Waals surface area contributed by atoms with E-state index in [4.69, 9.17) is 19.2 Å². The van der Waals surface area contributed by atoms with Gasteiger partial charge in [-0.15, -0.1) is 11.3 Å². The number of carbonyl (C=O) groups is 2. The number of thiophene rings is 1. The molecule has 1 unspecified atom stereocenters. The molecule has 1 aliphatic rings. The van der Waals surface area contributed by atoms with Gasteiger partial charge in [-0.3, -0.25) is 9.59 Å². The standard InChI is InChI=1S/C31H32FN3O5S/c1-38-26-9-7-19(16-28(26)40-3)25(36)15-20(17-35-13-11-33-12-14-35)30(37)24-8-10-27(39-2)29(34-24)22-18-41-31-21(22)5-4-6-23(31)32/h4-10,16,18,20,33H,11-15,17H2,1-3H3. The van der Waals surface area contributed by atoms with E-state index in [-0.39, 0.29) is 29.5 Å². The van der Waals surface area contributed by atoms with E-state index in [2.05, 4.69) is 10.2 Å². The maximum absolute atomic E-state index is 14.4. The van der Waals surface area contributed by atoms with Gasteiger partial charge < -0.3 is 24.4 Å². The molecule has 0 spiro atoms. The predicted molar refractivity (Wildman–Crippen MR) is 157 cm³/mol. The smallest absolute Gasteiger partial charge is 0.185 e. The Bertz CT molecular complexity index is 1570. The number of pyridine rings is 1. The summed E-state index contributed by atoms with van der Waals surface area (Å²) in [6, 6.07) is 13.2. The number of ketones is 2. The topological polar surface area (TPSA) is 90.0 Å². The zero-order valence-electron chi connectivity index (χ0n) is 23.2. The maximum atomic E-state index is 14.4. The van der Waals surface area contributed by atoms with Crippen LogP contribution in [0.25, 0.3) is 21.3 Å². The van der Waals surface area contributed by atoms with Crippen LogP contribution in [0.4, 0.5) is 4.39 Å². The lowest BCUT2D eigenvalue weighted by atomic mass is 9.91. The minimum absolute atomic E-state index is 0.00782. The summed E-state index contributed by atoms with van der Waals surface area (Å²) in [6.07, 6.45) is 0.00782. The lowest BCUT2D eigenvalue weighted by molar-refractivity contribution is 0.0801. The van der Waals surface area contributed by atoms with Gasteiger partial charge in [-0.25, -0.2) is 9.37 Å². The van der Waals surface area contributed by atoms with Crippen LogP contribution < -0.4 is 19.5 Å². The average molecular weight is 578 g/mol. The SMILES string of the molecule is COc1ccc(C(=O)CC(CN2CCNCC2)C(=O)c2ccc(OC)c(-c3csc4c(F)cccc34)n2)cc1OC. The van der Waals surface area contributed by atoms with Crippen molar-refractivity contribution in [2.75, 3.05) is 54.1 Å². The van der Waals surface area contributed by atoms with Gasteiger partial charge in [0, 0.05) is 67.0 Å². The second-order valence-corrected chi connectivity index (χ2v) is 10.7. The molecule has 1 N–H and O–H groups in total. The van der Waals surface area contributed by atoms with Crippen molar-refractivity contribution in [2.24, 2.45) is 5.92 Å². The molecule has 10 heteroatoms. The summed E-state index contributed by atoms with van der Waals surface area (Å²) in [4.78, 5) is 34.5. The van der Waals surface area contributed by atoms with E-state index in [1.165, 1.54) is 38.7 Å². The molecule has 0 amide bonds. The normalized spacial score (nSPS) is 14.5. The van der Waals surface area contributed by atoms with Gasteiger partial charge in [0.05, 0.1) is 26.0 Å². The fourth-order valence-electron chi connectivity index (χ4n) is 5.15. The quantitative estimate of drug-likeness (QED) is 0.246. The highest BCUT2D eigenvalue weighted by atomic mass is 32.1. The van der Waals surface area contributed by atoms with E-state index < -0.39 is 5.92 Å². The van der Waals surface area contributed by atoms with Crippen LogP contribution in [0.2, 0.25) is 0 Å². The molecule has 0 bridgehead atoms. The van der Waals surface area contributed by atoms with E-state index in [0.29, 0.717) is 50.7 Å². The molecule has 5 rings (SSSR count). The van der Waals surface area contributed by atoms with Gasteiger partial charge in [0.2, 0.25) is 0 Å². The third-order valence-electron chi connectivity index (χ3n) is 7.33. The van der Waals surface area contributed by atoms with E-state index in [0.717, 1.165) is 26.2 Å². The van der Waals surface area contributed by atoms with Crippen molar-refractivity contribution in [3.63, 3.8) is 0 Å². The first-order chi connectivity index (χ1) is 19.9. The number of nitrogens with one attached hydrogen (secondary N) is 1. The van der Waals surface area contributed by atoms with Crippen LogP contribution >= 0.6 is 11.3 Å². The van der Waals surface area contributed by atoms with E-state index in [1.54, 1.807) is 36.4 Å². The Kier molecular flexibility index (Phi) is 8.92. The first kappa shape index (κ1) is 28.7. The molecule has 0 radical (unpaired) electrons. The van der Waals surface area contributed by atoms with Crippen molar-refractivity contribution in [3.8, 4) is 28.5 Å². The molecule has 214 valence electrons. The van der Waals surface area contributed by atoms with Crippen LogP contribution in [0.5, 0.6) is 17.2 Å². The van der Waals surface area contributed by atoms with E-state index >= 15 is 0 Å². The zero-order chi connectivity index (χ0) is 28.9. The maximum Gasteiger partial charge on any atom is 0.185 e. The lowest BCUT2D eigenvalue weighted by Gasteiger charge is -2.30. The number of hydrogen-bond acceptors (Lipinski definition) is 9. The second kappa shape index (κ2) is 12.8. The average Bonchev–Trinajstić information content (AvgIpc) is 3.45. The summed E-state index contributed by atoms with van der Waals surface area (Å²) in [6.45, 7) is 3.62. The molecular formula is C31H32FN3O5S. The number of methoxy groups -OCH3 is 3. The monoisotopic (exact) mass is 577 g/mol. The molecule has 41 heavy (non-hydrogen) atoms. The minimum atomic E-state index is -0.626. The van der Waals surface area contributed by atoms with Crippen molar-refractivity contribution in [2.45, 2.75) is 6.42 Å². The number of aromatic nitrogens is 1. The van der Waals surface area contributed by atoms with Crippen molar-refractivity contribution in [3.05, 3.63) is 71.0 Å². The van der Waals surface area contributed by atoms with Crippen LogP contribution in [-0.4, -0.2) is 75.5 Å². The van der Waals surface area contributed by atoms with Crippen molar-refractivity contribution >= 4 is 33.0 Å². The number of hydrogen-bond donors (Lipinski definition) is 1. The Morgan fingerprint density at radius 3 is 2.46 bits per heavy atom. The third kappa shape index (κ3) is 6.09. The number of ether oxygens (including phenoxy) is 3. The first-order valence-corrected chi connectivity index (χ1v) is 14.2. The second-order valence-electron chi connectivity index (χ2n) is 9.82. The Morgan fingerprint density at radius 2 is 1.73 bits per heavy atom. The fraction of sp³-hybridized carbons (Fsp3) is 0.323. The fourth-order valence-corrected chi connectivity index (χ4v) is 6.11. The number of piperazine rings is 1. The summed E-state index contributed by atoms with van der Waals surface area (Å²) in [5.41, 5.74) is 1.83. The van der Waals surface area contributed by atoms with Gasteiger partial charge in [-0.2, -0.15) is 0 Å². The largest absolute Gasteiger partial charge is 0.494 e. The highest BCUT2D eigenvalue weighted by Crippen LogP contribution is 2.39. The van der Waals surface area contributed by atoms with Gasteiger partial charge >= 0.3 is 0 Å². The van der Waals surface area contributed by atoms with E-state index in [9.17, 15) is 14.0 Å². The Hall–Kier alpha value is -3.86. The van der Waals surface area contributed by atoms with Crippen molar-refractivity contribution in [1.82, 2.24) is 15.2 Å². The van der Waals surface area contributed by atoms with Gasteiger partial charge in [0.25, 0.3) is 0 Å². The van der Waals surface area contributed by atoms with Gasteiger partial charge in [-0.05, 0) is 36.4 Å². The van der Waals surface area contributed by atoms with E-state index in [1.807, 2.05) is 11.4 Å². The van der Waals surface area contributed by atoms with Crippen LogP contribution in [0.15, 0.2) is 53.9 Å². The molecule has 2 aromatic carbocycles. The molecule has 1 saturated heterocycles. The van der Waals surface area contributed by atoms with Crippen LogP contribution in [0, 0.1) is 11.7 Å². The van der Waals surface area contributed by atoms with Crippen LogP contribution in [-0.2, 0) is 0 Å². The number of Topliss-reactive ketones (excluding diaryl/α,β-unsaturated/α-hetero) is 2. The molecule has 8 nitrogen and oxygen atoms in total. The summed E-state index contributed by atoms with van der Waals surface area (Å²) in [5.74, 6) is 0.108. The first-order valence-electron chi connectivity index (χ1n) is 13.4. The summed E-state index contributed by atoms with van der Waals surface area (Å²) in [7, 11) is 4.58. The predicted octanol–water partition coefficient (Wildman–Crippen LogP) is 5.11. The Labute approximate surface area is 242 Å². The number of carbonyl (C=O) groups excluding carboxylic acids is 2. The van der Waals surface area contributed by atoms with Crippen molar-refractivity contribution < 1.29 is 28.2 Å². The number of halogens is 1. The molecule has 4 aromatic rings. The minimum Gasteiger partial charge on any atom is -0.494 e.